The van der Waals surface area contributed by atoms with Crippen molar-refractivity contribution in [2.24, 2.45) is 5.41 Å². The predicted octanol–water partition coefficient (Wildman–Crippen LogP) is 4.22. The quantitative estimate of drug-likeness (QED) is 0.686. The lowest BCUT2D eigenvalue weighted by Crippen LogP contribution is -2.34. The van der Waals surface area contributed by atoms with Gasteiger partial charge in [-0.3, -0.25) is 4.79 Å². The van der Waals surface area contributed by atoms with Crippen LogP contribution in [0.2, 0.25) is 0 Å². The predicted molar refractivity (Wildman–Crippen MR) is 91.7 cm³/mol. The Hall–Kier alpha value is -1.10. The highest BCUT2D eigenvalue weighted by molar-refractivity contribution is 9.10. The van der Waals surface area contributed by atoms with Crippen LogP contribution in [0.25, 0.3) is 0 Å². The molecule has 118 valence electrons. The number of halogens is 1. The molecular weight excluding hydrogens is 330 g/mol. The van der Waals surface area contributed by atoms with Crippen LogP contribution in [0.5, 0.6) is 0 Å². The molecule has 1 heterocycles. The first kappa shape index (κ1) is 18.0. The molecule has 5 heteroatoms. The number of anilines is 1. The second kappa shape index (κ2) is 8.37. The van der Waals surface area contributed by atoms with E-state index in [2.05, 4.69) is 52.3 Å². The lowest BCUT2D eigenvalue weighted by molar-refractivity contribution is 0.0934. The van der Waals surface area contributed by atoms with Gasteiger partial charge in [0.1, 0.15) is 5.82 Å². The number of carbonyl (C=O) groups is 1. The van der Waals surface area contributed by atoms with Gasteiger partial charge in [-0.05, 0) is 33.8 Å². The SMILES string of the molecule is CCCCCC(C)(C)CNC(=O)c1cc(Br)cnc1NC. The maximum atomic E-state index is 12.3. The largest absolute Gasteiger partial charge is 0.372 e. The first-order chi connectivity index (χ1) is 9.89. The Kier molecular flexibility index (Phi) is 7.15. The van der Waals surface area contributed by atoms with Crippen LogP contribution in [0, 0.1) is 5.41 Å². The van der Waals surface area contributed by atoms with Gasteiger partial charge in [0.05, 0.1) is 5.56 Å². The van der Waals surface area contributed by atoms with Gasteiger partial charge < -0.3 is 10.6 Å². The standard InChI is InChI=1S/C16H26BrN3O/c1-5-6-7-8-16(2,3)11-20-15(21)13-9-12(17)10-19-14(13)18-4/h9-10H,5-8,11H2,1-4H3,(H,18,19)(H,20,21). The van der Waals surface area contributed by atoms with E-state index in [-0.39, 0.29) is 11.3 Å². The number of hydrogen-bond acceptors (Lipinski definition) is 3. The van der Waals surface area contributed by atoms with Crippen molar-refractivity contribution in [2.75, 3.05) is 18.9 Å². The maximum absolute atomic E-state index is 12.3. The minimum absolute atomic E-state index is 0.0864. The molecule has 1 amide bonds. The fraction of sp³-hybridized carbons (Fsp3) is 0.625. The van der Waals surface area contributed by atoms with Crippen molar-refractivity contribution in [3.63, 3.8) is 0 Å². The summed E-state index contributed by atoms with van der Waals surface area (Å²) in [5, 5.41) is 5.98. The molecule has 0 fully saturated rings. The molecule has 0 radical (unpaired) electrons. The Morgan fingerprint density at radius 2 is 2.10 bits per heavy atom. The number of carbonyl (C=O) groups excluding carboxylic acids is 1. The molecule has 1 aromatic rings. The van der Waals surface area contributed by atoms with Crippen LogP contribution in [0.3, 0.4) is 0 Å². The van der Waals surface area contributed by atoms with Crippen LogP contribution < -0.4 is 10.6 Å². The van der Waals surface area contributed by atoms with E-state index in [4.69, 9.17) is 0 Å². The molecule has 0 spiro atoms. The van der Waals surface area contributed by atoms with E-state index in [0.717, 1.165) is 10.9 Å². The number of unbranched alkanes of at least 4 members (excludes halogenated alkanes) is 2. The molecule has 0 aliphatic carbocycles. The summed E-state index contributed by atoms with van der Waals surface area (Å²) in [7, 11) is 1.77. The molecule has 0 saturated carbocycles. The van der Waals surface area contributed by atoms with E-state index >= 15 is 0 Å². The van der Waals surface area contributed by atoms with Crippen molar-refractivity contribution < 1.29 is 4.79 Å². The third kappa shape index (κ3) is 6.04. The van der Waals surface area contributed by atoms with E-state index in [1.165, 1.54) is 19.3 Å². The first-order valence-corrected chi connectivity index (χ1v) is 8.30. The molecule has 1 rings (SSSR count). The van der Waals surface area contributed by atoms with Gasteiger partial charge in [0.15, 0.2) is 0 Å². The van der Waals surface area contributed by atoms with E-state index in [0.29, 0.717) is 17.9 Å². The fourth-order valence-corrected chi connectivity index (χ4v) is 2.50. The maximum Gasteiger partial charge on any atom is 0.255 e. The third-order valence-corrected chi connectivity index (χ3v) is 3.95. The van der Waals surface area contributed by atoms with Crippen molar-refractivity contribution in [3.05, 3.63) is 22.3 Å². The van der Waals surface area contributed by atoms with E-state index in [9.17, 15) is 4.79 Å². The summed E-state index contributed by atoms with van der Waals surface area (Å²) in [5.74, 6) is 0.510. The second-order valence-electron chi connectivity index (χ2n) is 6.10. The smallest absolute Gasteiger partial charge is 0.255 e. The molecule has 0 saturated heterocycles. The summed E-state index contributed by atoms with van der Waals surface area (Å²) in [6, 6.07) is 1.79. The van der Waals surface area contributed by atoms with Crippen molar-refractivity contribution in [3.8, 4) is 0 Å². The summed E-state index contributed by atoms with van der Waals surface area (Å²) < 4.78 is 0.800. The van der Waals surface area contributed by atoms with Gasteiger partial charge in [-0.2, -0.15) is 0 Å². The summed E-state index contributed by atoms with van der Waals surface area (Å²) in [6.07, 6.45) is 6.47. The summed E-state index contributed by atoms with van der Waals surface area (Å²) >= 11 is 3.36. The zero-order valence-electron chi connectivity index (χ0n) is 13.4. The lowest BCUT2D eigenvalue weighted by atomic mass is 9.87. The van der Waals surface area contributed by atoms with Crippen LogP contribution in [0.15, 0.2) is 16.7 Å². The number of amides is 1. The summed E-state index contributed by atoms with van der Waals surface area (Å²) in [4.78, 5) is 16.5. The van der Waals surface area contributed by atoms with Crippen LogP contribution in [-0.4, -0.2) is 24.5 Å². The van der Waals surface area contributed by atoms with Gasteiger partial charge in [-0.1, -0.05) is 40.0 Å². The van der Waals surface area contributed by atoms with Gasteiger partial charge in [0.2, 0.25) is 0 Å². The zero-order chi connectivity index (χ0) is 15.9. The highest BCUT2D eigenvalue weighted by atomic mass is 79.9. The van der Waals surface area contributed by atoms with Crippen LogP contribution in [-0.2, 0) is 0 Å². The van der Waals surface area contributed by atoms with Crippen LogP contribution >= 0.6 is 15.9 Å². The highest BCUT2D eigenvalue weighted by Crippen LogP contribution is 2.23. The number of aromatic nitrogens is 1. The lowest BCUT2D eigenvalue weighted by Gasteiger charge is -2.25. The highest BCUT2D eigenvalue weighted by Gasteiger charge is 2.20. The van der Waals surface area contributed by atoms with Gasteiger partial charge in [0.25, 0.3) is 5.91 Å². The minimum Gasteiger partial charge on any atom is -0.372 e. The third-order valence-electron chi connectivity index (χ3n) is 3.52. The zero-order valence-corrected chi connectivity index (χ0v) is 15.0. The van der Waals surface area contributed by atoms with Crippen molar-refractivity contribution >= 4 is 27.7 Å². The van der Waals surface area contributed by atoms with Gasteiger partial charge in [-0.15, -0.1) is 0 Å². The fourth-order valence-electron chi connectivity index (χ4n) is 2.17. The molecule has 0 atom stereocenters. The Bertz CT molecular complexity index is 475. The van der Waals surface area contributed by atoms with E-state index in [1.54, 1.807) is 19.3 Å². The molecule has 0 aliphatic rings. The Labute approximate surface area is 136 Å². The molecule has 0 aliphatic heterocycles. The molecule has 4 nitrogen and oxygen atoms in total. The Morgan fingerprint density at radius 1 is 1.38 bits per heavy atom. The number of nitrogens with one attached hydrogen (secondary N) is 2. The van der Waals surface area contributed by atoms with Gasteiger partial charge in [0, 0.05) is 24.3 Å². The number of pyridine rings is 1. The number of rotatable bonds is 8. The monoisotopic (exact) mass is 355 g/mol. The Morgan fingerprint density at radius 3 is 2.71 bits per heavy atom. The molecular formula is C16H26BrN3O. The molecule has 0 bridgehead atoms. The molecule has 0 unspecified atom stereocenters. The normalized spacial score (nSPS) is 11.3. The summed E-state index contributed by atoms with van der Waals surface area (Å²) in [6.45, 7) is 7.27. The first-order valence-electron chi connectivity index (χ1n) is 7.51. The molecule has 0 aromatic carbocycles. The van der Waals surface area contributed by atoms with Crippen LogP contribution in [0.4, 0.5) is 5.82 Å². The average Bonchev–Trinajstić information content (AvgIpc) is 2.45. The number of nitrogens with zero attached hydrogens (tertiary/aromatic N) is 1. The topological polar surface area (TPSA) is 54.0 Å². The molecule has 21 heavy (non-hydrogen) atoms. The number of hydrogen-bond donors (Lipinski definition) is 2. The van der Waals surface area contributed by atoms with E-state index in [1.807, 2.05) is 0 Å². The van der Waals surface area contributed by atoms with Gasteiger partial charge >= 0.3 is 0 Å². The van der Waals surface area contributed by atoms with Crippen LogP contribution in [0.1, 0.15) is 56.8 Å². The van der Waals surface area contributed by atoms with Crippen molar-refractivity contribution in [1.82, 2.24) is 10.3 Å². The minimum atomic E-state index is -0.0864. The Balaban J connectivity index is 2.63. The average molecular weight is 356 g/mol. The van der Waals surface area contributed by atoms with Crippen molar-refractivity contribution in [1.29, 1.82) is 0 Å². The molecule has 2 N–H and O–H groups in total. The molecule has 1 aromatic heterocycles. The second-order valence-corrected chi connectivity index (χ2v) is 7.02. The van der Waals surface area contributed by atoms with E-state index < -0.39 is 0 Å². The van der Waals surface area contributed by atoms with Crippen molar-refractivity contribution in [2.45, 2.75) is 46.5 Å². The summed E-state index contributed by atoms with van der Waals surface area (Å²) in [5.41, 5.74) is 0.681. The van der Waals surface area contributed by atoms with Gasteiger partial charge in [-0.25, -0.2) is 4.98 Å².